The van der Waals surface area contributed by atoms with Gasteiger partial charge >= 0.3 is 0 Å². The molecule has 0 amide bonds. The molecule has 0 unspecified atom stereocenters. The summed E-state index contributed by atoms with van der Waals surface area (Å²) < 4.78 is 5.80. The number of nitrogens with one attached hydrogen (secondary N) is 1. The number of aliphatic hydroxyl groups excluding tert-OH is 1. The van der Waals surface area contributed by atoms with E-state index in [9.17, 15) is 5.11 Å². The molecule has 4 nitrogen and oxygen atoms in total. The molecule has 0 bridgehead atoms. The van der Waals surface area contributed by atoms with Gasteiger partial charge in [0.05, 0.1) is 18.3 Å². The molecular formula is C10H20N2O2. The molecule has 3 atom stereocenters. The van der Waals surface area contributed by atoms with Crippen molar-refractivity contribution in [3.8, 4) is 0 Å². The molecule has 0 aromatic heterocycles. The van der Waals surface area contributed by atoms with Gasteiger partial charge in [-0.2, -0.15) is 0 Å². The second-order valence-electron chi connectivity index (χ2n) is 4.43. The fourth-order valence-corrected chi connectivity index (χ4v) is 2.25. The minimum Gasteiger partial charge on any atom is -0.392 e. The lowest BCUT2D eigenvalue weighted by atomic mass is 10.2. The highest BCUT2D eigenvalue weighted by Crippen LogP contribution is 2.12. The van der Waals surface area contributed by atoms with E-state index < -0.39 is 0 Å². The molecule has 2 fully saturated rings. The topological polar surface area (TPSA) is 44.7 Å². The van der Waals surface area contributed by atoms with Crippen LogP contribution in [0.4, 0.5) is 0 Å². The van der Waals surface area contributed by atoms with E-state index in [1.165, 1.54) is 0 Å². The summed E-state index contributed by atoms with van der Waals surface area (Å²) in [5.74, 6) is 0. The zero-order valence-corrected chi connectivity index (χ0v) is 8.78. The van der Waals surface area contributed by atoms with Crippen molar-refractivity contribution in [3.05, 3.63) is 0 Å². The first-order chi connectivity index (χ1) is 6.74. The highest BCUT2D eigenvalue weighted by molar-refractivity contribution is 4.80. The highest BCUT2D eigenvalue weighted by Gasteiger charge is 2.25. The van der Waals surface area contributed by atoms with Crippen LogP contribution in [-0.4, -0.2) is 61.0 Å². The number of hydrogen-bond acceptors (Lipinski definition) is 4. The van der Waals surface area contributed by atoms with Crippen LogP contribution in [0.15, 0.2) is 0 Å². The van der Waals surface area contributed by atoms with Crippen LogP contribution in [0.2, 0.25) is 0 Å². The molecule has 4 heteroatoms. The van der Waals surface area contributed by atoms with Crippen LogP contribution >= 0.6 is 0 Å². The van der Waals surface area contributed by atoms with Gasteiger partial charge in [0, 0.05) is 32.7 Å². The molecule has 2 saturated heterocycles. The van der Waals surface area contributed by atoms with Gasteiger partial charge in [0.25, 0.3) is 0 Å². The SMILES string of the molecule is C[C@@H]1CNC[C@@H](CN2CC[C@@H](O)C2)O1. The normalized spacial score (nSPS) is 40.3. The molecule has 2 N–H and O–H groups in total. The van der Waals surface area contributed by atoms with Gasteiger partial charge in [-0.1, -0.05) is 0 Å². The van der Waals surface area contributed by atoms with Crippen molar-refractivity contribution in [3.63, 3.8) is 0 Å². The number of hydrogen-bond donors (Lipinski definition) is 2. The largest absolute Gasteiger partial charge is 0.392 e. The molecule has 2 aliphatic rings. The number of nitrogens with zero attached hydrogens (tertiary/aromatic N) is 1. The fourth-order valence-electron chi connectivity index (χ4n) is 2.25. The second-order valence-corrected chi connectivity index (χ2v) is 4.43. The Morgan fingerprint density at radius 2 is 2.36 bits per heavy atom. The number of ether oxygens (including phenoxy) is 1. The Labute approximate surface area is 85.2 Å². The Bertz CT molecular complexity index is 189. The van der Waals surface area contributed by atoms with Crippen LogP contribution in [0.25, 0.3) is 0 Å². The van der Waals surface area contributed by atoms with Crippen molar-refractivity contribution in [2.75, 3.05) is 32.7 Å². The maximum Gasteiger partial charge on any atom is 0.0830 e. The first-order valence-electron chi connectivity index (χ1n) is 5.50. The summed E-state index contributed by atoms with van der Waals surface area (Å²) in [5, 5.41) is 12.7. The summed E-state index contributed by atoms with van der Waals surface area (Å²) in [5.41, 5.74) is 0. The van der Waals surface area contributed by atoms with Crippen LogP contribution in [0.5, 0.6) is 0 Å². The molecule has 0 radical (unpaired) electrons. The fraction of sp³-hybridized carbons (Fsp3) is 1.00. The smallest absolute Gasteiger partial charge is 0.0830 e. The number of β-amino-alcohol motifs (C(OH)–C–C–N with tert-alkyl or cyclic N) is 1. The average molecular weight is 200 g/mol. The summed E-state index contributed by atoms with van der Waals surface area (Å²) in [7, 11) is 0. The summed E-state index contributed by atoms with van der Waals surface area (Å²) >= 11 is 0. The lowest BCUT2D eigenvalue weighted by Crippen LogP contribution is -2.48. The third kappa shape index (κ3) is 2.67. The van der Waals surface area contributed by atoms with Gasteiger partial charge in [-0.05, 0) is 13.3 Å². The predicted molar refractivity (Wildman–Crippen MR) is 54.3 cm³/mol. The minimum atomic E-state index is -0.121. The van der Waals surface area contributed by atoms with Crippen molar-refractivity contribution in [2.24, 2.45) is 0 Å². The van der Waals surface area contributed by atoms with E-state index in [-0.39, 0.29) is 6.10 Å². The minimum absolute atomic E-state index is 0.121. The molecule has 0 aromatic carbocycles. The summed E-state index contributed by atoms with van der Waals surface area (Å²) in [4.78, 5) is 2.29. The van der Waals surface area contributed by atoms with Crippen LogP contribution in [0, 0.1) is 0 Å². The molecule has 0 spiro atoms. The van der Waals surface area contributed by atoms with E-state index in [1.807, 2.05) is 0 Å². The van der Waals surface area contributed by atoms with Crippen molar-refractivity contribution >= 4 is 0 Å². The Balaban J connectivity index is 1.74. The molecule has 0 saturated carbocycles. The lowest BCUT2D eigenvalue weighted by Gasteiger charge is -2.31. The average Bonchev–Trinajstić information content (AvgIpc) is 2.51. The Kier molecular flexibility index (Phi) is 3.38. The highest BCUT2D eigenvalue weighted by atomic mass is 16.5. The van der Waals surface area contributed by atoms with Crippen molar-refractivity contribution in [1.82, 2.24) is 10.2 Å². The standard InChI is InChI=1S/C10H20N2O2/c1-8-4-11-5-10(14-8)7-12-3-2-9(13)6-12/h8-11,13H,2-7H2,1H3/t8-,9-,10+/m1/s1. The molecule has 2 aliphatic heterocycles. The van der Waals surface area contributed by atoms with Crippen molar-refractivity contribution in [1.29, 1.82) is 0 Å². The Hall–Kier alpha value is -0.160. The van der Waals surface area contributed by atoms with Crippen LogP contribution in [0.3, 0.4) is 0 Å². The number of rotatable bonds is 2. The van der Waals surface area contributed by atoms with Gasteiger partial charge in [-0.15, -0.1) is 0 Å². The van der Waals surface area contributed by atoms with E-state index in [4.69, 9.17) is 4.74 Å². The van der Waals surface area contributed by atoms with Crippen molar-refractivity contribution < 1.29 is 9.84 Å². The van der Waals surface area contributed by atoms with E-state index in [2.05, 4.69) is 17.1 Å². The summed E-state index contributed by atoms with van der Waals surface area (Å²) in [6.07, 6.45) is 1.41. The summed E-state index contributed by atoms with van der Waals surface area (Å²) in [6.45, 7) is 6.77. The van der Waals surface area contributed by atoms with Gasteiger partial charge in [0.2, 0.25) is 0 Å². The molecule has 2 rings (SSSR count). The van der Waals surface area contributed by atoms with E-state index in [0.29, 0.717) is 12.2 Å². The summed E-state index contributed by atoms with van der Waals surface area (Å²) in [6, 6.07) is 0. The predicted octanol–water partition coefficient (Wildman–Crippen LogP) is -0.570. The molecule has 82 valence electrons. The van der Waals surface area contributed by atoms with Gasteiger partial charge < -0.3 is 15.2 Å². The van der Waals surface area contributed by atoms with Crippen molar-refractivity contribution in [2.45, 2.75) is 31.7 Å². The zero-order chi connectivity index (χ0) is 9.97. The van der Waals surface area contributed by atoms with E-state index in [0.717, 1.165) is 39.1 Å². The van der Waals surface area contributed by atoms with Crippen LogP contribution in [-0.2, 0) is 4.74 Å². The van der Waals surface area contributed by atoms with Gasteiger partial charge in [0.1, 0.15) is 0 Å². The number of morpholine rings is 1. The number of likely N-dealkylation sites (tertiary alicyclic amines) is 1. The maximum atomic E-state index is 9.38. The van der Waals surface area contributed by atoms with Gasteiger partial charge in [-0.25, -0.2) is 0 Å². The Morgan fingerprint density at radius 3 is 3.00 bits per heavy atom. The second kappa shape index (κ2) is 4.57. The third-order valence-corrected chi connectivity index (χ3v) is 2.94. The van der Waals surface area contributed by atoms with Gasteiger partial charge in [0.15, 0.2) is 0 Å². The molecule has 0 aromatic rings. The first kappa shape index (κ1) is 10.4. The quantitative estimate of drug-likeness (QED) is 0.626. The van der Waals surface area contributed by atoms with E-state index in [1.54, 1.807) is 0 Å². The molecule has 0 aliphatic carbocycles. The van der Waals surface area contributed by atoms with Crippen LogP contribution in [0.1, 0.15) is 13.3 Å². The zero-order valence-electron chi connectivity index (χ0n) is 8.78. The van der Waals surface area contributed by atoms with Crippen LogP contribution < -0.4 is 5.32 Å². The maximum absolute atomic E-state index is 9.38. The molecular weight excluding hydrogens is 180 g/mol. The third-order valence-electron chi connectivity index (χ3n) is 2.94. The number of aliphatic hydroxyl groups is 1. The molecule has 2 heterocycles. The monoisotopic (exact) mass is 200 g/mol. The van der Waals surface area contributed by atoms with Gasteiger partial charge in [-0.3, -0.25) is 4.90 Å². The molecule has 14 heavy (non-hydrogen) atoms. The lowest BCUT2D eigenvalue weighted by molar-refractivity contribution is -0.0407. The Morgan fingerprint density at radius 1 is 1.50 bits per heavy atom. The van der Waals surface area contributed by atoms with E-state index >= 15 is 0 Å². The first-order valence-corrected chi connectivity index (χ1v) is 5.50.